The molecule has 170 valence electrons. The number of anilines is 1. The second kappa shape index (κ2) is 9.44. The molecule has 5 rings (SSSR count). The number of pyridine rings is 1. The Labute approximate surface area is 201 Å². The molecule has 0 radical (unpaired) electrons. The number of ether oxygens (including phenoxy) is 1. The topological polar surface area (TPSA) is 81.9 Å². The molecule has 7 nitrogen and oxygen atoms in total. The Morgan fingerprint density at radius 2 is 2.06 bits per heavy atom. The van der Waals surface area contributed by atoms with Crippen molar-refractivity contribution in [2.45, 2.75) is 13.0 Å². The molecule has 0 saturated carbocycles. The molecule has 0 fully saturated rings. The fraction of sp³-hybridized carbons (Fsp3) is 0.154. The van der Waals surface area contributed by atoms with Crippen LogP contribution in [0.4, 0.5) is 5.95 Å². The summed E-state index contributed by atoms with van der Waals surface area (Å²) < 4.78 is 7.40. The van der Waals surface area contributed by atoms with Gasteiger partial charge in [0.05, 0.1) is 24.1 Å². The minimum Gasteiger partial charge on any atom is -0.497 e. The first-order valence-electron chi connectivity index (χ1n) is 10.8. The molecule has 0 bridgehead atoms. The Kier molecular flexibility index (Phi) is 6.05. The highest BCUT2D eigenvalue weighted by atomic mass is 32.1. The molecule has 0 spiro atoms. The van der Waals surface area contributed by atoms with E-state index in [-0.39, 0.29) is 12.2 Å². The van der Waals surface area contributed by atoms with Crippen molar-refractivity contribution in [1.82, 2.24) is 19.5 Å². The van der Waals surface area contributed by atoms with Crippen molar-refractivity contribution in [1.29, 1.82) is 0 Å². The van der Waals surface area contributed by atoms with Crippen molar-refractivity contribution in [2.75, 3.05) is 12.4 Å². The van der Waals surface area contributed by atoms with Crippen molar-refractivity contribution in [3.63, 3.8) is 0 Å². The second-order valence-electron chi connectivity index (χ2n) is 7.87. The summed E-state index contributed by atoms with van der Waals surface area (Å²) in [5, 5.41) is 6.07. The zero-order valence-electron chi connectivity index (χ0n) is 18.9. The van der Waals surface area contributed by atoms with E-state index in [1.165, 1.54) is 11.3 Å². The molecule has 34 heavy (non-hydrogen) atoms. The zero-order chi connectivity index (χ0) is 23.5. The number of thiophene rings is 1. The molecular formula is C26H23N5O2S. The van der Waals surface area contributed by atoms with Gasteiger partial charge < -0.3 is 14.6 Å². The highest BCUT2D eigenvalue weighted by molar-refractivity contribution is 7.12. The van der Waals surface area contributed by atoms with Crippen LogP contribution in [-0.2, 0) is 20.0 Å². The summed E-state index contributed by atoms with van der Waals surface area (Å²) in [6, 6.07) is 15.5. The van der Waals surface area contributed by atoms with E-state index in [1.54, 1.807) is 19.5 Å². The fourth-order valence-corrected chi connectivity index (χ4v) is 4.59. The molecule has 0 unspecified atom stereocenters. The van der Waals surface area contributed by atoms with Crippen LogP contribution in [0.5, 0.6) is 5.75 Å². The number of Topliss-reactive ketones (excluding diaryl/α,β-unsaturated/α-hetero) is 1. The maximum absolute atomic E-state index is 13.1. The molecular weight excluding hydrogens is 446 g/mol. The number of methoxy groups -OCH3 is 1. The lowest BCUT2D eigenvalue weighted by molar-refractivity contribution is 0.0996. The van der Waals surface area contributed by atoms with Crippen LogP contribution in [0.15, 0.2) is 72.5 Å². The third-order valence-corrected chi connectivity index (χ3v) is 6.48. The van der Waals surface area contributed by atoms with Crippen LogP contribution in [0.1, 0.15) is 20.9 Å². The van der Waals surface area contributed by atoms with E-state index in [1.807, 2.05) is 71.7 Å². The first-order valence-corrected chi connectivity index (χ1v) is 11.7. The van der Waals surface area contributed by atoms with E-state index >= 15 is 0 Å². The highest BCUT2D eigenvalue weighted by Crippen LogP contribution is 2.34. The van der Waals surface area contributed by atoms with Gasteiger partial charge in [-0.15, -0.1) is 11.3 Å². The maximum atomic E-state index is 13.1. The molecule has 4 aromatic heterocycles. The Balaban J connectivity index is 1.60. The molecule has 8 heteroatoms. The van der Waals surface area contributed by atoms with E-state index < -0.39 is 0 Å². The van der Waals surface area contributed by atoms with Crippen molar-refractivity contribution in [3.8, 4) is 16.9 Å². The Morgan fingerprint density at radius 1 is 1.15 bits per heavy atom. The Morgan fingerprint density at radius 3 is 2.82 bits per heavy atom. The standard InChI is InChI=1S/C26H23N5O2S/c1-31-16-20(18-7-3-8-19(12-18)33-2)24-21(13-22(32)23-9-5-11-34-23)29-26(30-25(24)31)28-15-17-6-4-10-27-14-17/h3-12,14,16H,13,15H2,1-2H3,(H,28,29,30). The lowest BCUT2D eigenvalue weighted by Gasteiger charge is -2.10. The second-order valence-corrected chi connectivity index (χ2v) is 8.82. The average Bonchev–Trinajstić information content (AvgIpc) is 3.52. The van der Waals surface area contributed by atoms with Crippen LogP contribution in [0.2, 0.25) is 0 Å². The molecule has 0 aliphatic carbocycles. The summed E-state index contributed by atoms with van der Waals surface area (Å²) in [6.07, 6.45) is 5.75. The smallest absolute Gasteiger partial charge is 0.225 e. The number of ketones is 1. The molecule has 0 saturated heterocycles. The molecule has 4 heterocycles. The predicted molar refractivity (Wildman–Crippen MR) is 134 cm³/mol. The van der Waals surface area contributed by atoms with Crippen molar-refractivity contribution >= 4 is 34.1 Å². The van der Waals surface area contributed by atoms with Gasteiger partial charge in [0, 0.05) is 43.1 Å². The summed E-state index contributed by atoms with van der Waals surface area (Å²) in [4.78, 5) is 27.5. The summed E-state index contributed by atoms with van der Waals surface area (Å²) in [5.41, 5.74) is 4.41. The van der Waals surface area contributed by atoms with Gasteiger partial charge in [0.15, 0.2) is 5.78 Å². The number of hydrogen-bond donors (Lipinski definition) is 1. The summed E-state index contributed by atoms with van der Waals surface area (Å²) >= 11 is 1.44. The van der Waals surface area contributed by atoms with Gasteiger partial charge in [-0.1, -0.05) is 24.3 Å². The van der Waals surface area contributed by atoms with Crippen LogP contribution in [0, 0.1) is 0 Å². The molecule has 0 amide bonds. The Hall–Kier alpha value is -4.04. The zero-order valence-corrected chi connectivity index (χ0v) is 19.7. The number of aromatic nitrogens is 4. The SMILES string of the molecule is COc1cccc(-c2cn(C)c3nc(NCc4cccnc4)nc(CC(=O)c4cccs4)c23)c1. The number of nitrogens with one attached hydrogen (secondary N) is 1. The minimum absolute atomic E-state index is 0.0358. The quantitative estimate of drug-likeness (QED) is 0.317. The van der Waals surface area contributed by atoms with Gasteiger partial charge in [-0.25, -0.2) is 4.98 Å². The van der Waals surface area contributed by atoms with Crippen molar-refractivity contribution in [2.24, 2.45) is 7.05 Å². The molecule has 0 aliphatic rings. The van der Waals surface area contributed by atoms with E-state index in [0.717, 1.165) is 38.4 Å². The average molecular weight is 470 g/mol. The number of rotatable bonds is 8. The first kappa shape index (κ1) is 21.8. The number of hydrogen-bond acceptors (Lipinski definition) is 7. The number of nitrogens with zero attached hydrogens (tertiary/aromatic N) is 4. The van der Waals surface area contributed by atoms with Crippen molar-refractivity contribution in [3.05, 3.63) is 88.6 Å². The fourth-order valence-electron chi connectivity index (χ4n) is 3.92. The normalized spacial score (nSPS) is 11.0. The molecule has 1 N–H and O–H groups in total. The largest absolute Gasteiger partial charge is 0.497 e. The van der Waals surface area contributed by atoms with Gasteiger partial charge in [-0.2, -0.15) is 4.98 Å². The van der Waals surface area contributed by atoms with Gasteiger partial charge >= 0.3 is 0 Å². The summed E-state index contributed by atoms with van der Waals surface area (Å²) in [7, 11) is 3.60. The number of aryl methyl sites for hydroxylation is 1. The monoisotopic (exact) mass is 469 g/mol. The highest BCUT2D eigenvalue weighted by Gasteiger charge is 2.20. The lowest BCUT2D eigenvalue weighted by Crippen LogP contribution is -2.10. The Bertz CT molecular complexity index is 1450. The third kappa shape index (κ3) is 4.40. The van der Waals surface area contributed by atoms with E-state index in [0.29, 0.717) is 18.2 Å². The number of benzene rings is 1. The van der Waals surface area contributed by atoms with Crippen LogP contribution < -0.4 is 10.1 Å². The molecule has 0 aliphatic heterocycles. The molecule has 5 aromatic rings. The van der Waals surface area contributed by atoms with Crippen molar-refractivity contribution < 1.29 is 9.53 Å². The van der Waals surface area contributed by atoms with E-state index in [2.05, 4.69) is 10.3 Å². The van der Waals surface area contributed by atoms with E-state index in [9.17, 15) is 4.79 Å². The van der Waals surface area contributed by atoms with Gasteiger partial charge in [-0.05, 0) is 40.8 Å². The van der Waals surface area contributed by atoms with Gasteiger partial charge in [0.2, 0.25) is 5.95 Å². The number of carbonyl (C=O) groups excluding carboxylic acids is 1. The first-order chi connectivity index (χ1) is 16.6. The molecule has 1 aromatic carbocycles. The molecule has 0 atom stereocenters. The van der Waals surface area contributed by atoms with Crippen LogP contribution in [-0.4, -0.2) is 32.4 Å². The van der Waals surface area contributed by atoms with Gasteiger partial charge in [-0.3, -0.25) is 9.78 Å². The van der Waals surface area contributed by atoms with E-state index in [4.69, 9.17) is 14.7 Å². The van der Waals surface area contributed by atoms with Gasteiger partial charge in [0.1, 0.15) is 11.4 Å². The maximum Gasteiger partial charge on any atom is 0.225 e. The summed E-state index contributed by atoms with van der Waals surface area (Å²) in [6.45, 7) is 0.533. The number of fused-ring (bicyclic) bond motifs is 1. The predicted octanol–water partition coefficient (Wildman–Crippen LogP) is 5.14. The number of carbonyl (C=O) groups is 1. The van der Waals surface area contributed by atoms with Crippen LogP contribution in [0.3, 0.4) is 0 Å². The third-order valence-electron chi connectivity index (χ3n) is 5.57. The lowest BCUT2D eigenvalue weighted by atomic mass is 10.0. The summed E-state index contributed by atoms with van der Waals surface area (Å²) in [5.74, 6) is 1.28. The van der Waals surface area contributed by atoms with Crippen LogP contribution in [0.25, 0.3) is 22.2 Å². The van der Waals surface area contributed by atoms with Gasteiger partial charge in [0.25, 0.3) is 0 Å². The minimum atomic E-state index is 0.0358. The van der Waals surface area contributed by atoms with Crippen LogP contribution >= 0.6 is 11.3 Å².